The highest BCUT2D eigenvalue weighted by Gasteiger charge is 2.17. The Morgan fingerprint density at radius 1 is 1.39 bits per heavy atom. The molecule has 0 N–H and O–H groups in total. The summed E-state index contributed by atoms with van der Waals surface area (Å²) in [5.74, 6) is -1.32. The summed E-state index contributed by atoms with van der Waals surface area (Å²) >= 11 is 1.35. The molecule has 1 amide bonds. The van der Waals surface area contributed by atoms with Gasteiger partial charge in [-0.3, -0.25) is 14.9 Å². The van der Waals surface area contributed by atoms with Gasteiger partial charge in [0.05, 0.1) is 16.3 Å². The number of furan rings is 1. The number of hydrogen-bond donors (Lipinski definition) is 0. The molecule has 3 rings (SSSR count). The normalized spacial score (nSPS) is 11.7. The fraction of sp³-hybridized carbons (Fsp3) is 0.0667. The number of amides is 1. The van der Waals surface area contributed by atoms with E-state index in [0.29, 0.717) is 11.3 Å². The van der Waals surface area contributed by atoms with Gasteiger partial charge in [0.1, 0.15) is 4.92 Å². The molecular formula is C15H11N3O4S. The van der Waals surface area contributed by atoms with Crippen LogP contribution < -0.4 is 4.80 Å². The number of aromatic nitrogens is 1. The van der Waals surface area contributed by atoms with E-state index in [-0.39, 0.29) is 5.76 Å². The number of thiazole rings is 1. The van der Waals surface area contributed by atoms with Crippen molar-refractivity contribution in [2.45, 2.75) is 6.54 Å². The fourth-order valence-corrected chi connectivity index (χ4v) is 3.13. The zero-order valence-corrected chi connectivity index (χ0v) is 12.7. The van der Waals surface area contributed by atoms with Crippen molar-refractivity contribution in [3.8, 4) is 0 Å². The van der Waals surface area contributed by atoms with Gasteiger partial charge in [-0.2, -0.15) is 4.99 Å². The molecular weight excluding hydrogens is 318 g/mol. The topological polar surface area (TPSA) is 90.6 Å². The predicted molar refractivity (Wildman–Crippen MR) is 85.3 cm³/mol. The van der Waals surface area contributed by atoms with E-state index >= 15 is 0 Å². The van der Waals surface area contributed by atoms with Gasteiger partial charge in [-0.05, 0) is 18.2 Å². The number of allylic oxidation sites excluding steroid dienone is 1. The van der Waals surface area contributed by atoms with Crippen molar-refractivity contribution in [1.82, 2.24) is 4.57 Å². The van der Waals surface area contributed by atoms with E-state index in [0.717, 1.165) is 16.3 Å². The molecule has 3 aromatic rings. The lowest BCUT2D eigenvalue weighted by atomic mass is 10.3. The molecule has 8 heteroatoms. The maximum absolute atomic E-state index is 12.2. The van der Waals surface area contributed by atoms with Gasteiger partial charge < -0.3 is 8.98 Å². The highest BCUT2D eigenvalue weighted by molar-refractivity contribution is 7.16. The fourth-order valence-electron chi connectivity index (χ4n) is 2.09. The van der Waals surface area contributed by atoms with Gasteiger partial charge in [0.25, 0.3) is 0 Å². The summed E-state index contributed by atoms with van der Waals surface area (Å²) in [6.07, 6.45) is 1.71. The van der Waals surface area contributed by atoms with Crippen LogP contribution in [0.2, 0.25) is 0 Å². The summed E-state index contributed by atoms with van der Waals surface area (Å²) in [7, 11) is 0. The maximum atomic E-state index is 12.2. The summed E-state index contributed by atoms with van der Waals surface area (Å²) < 4.78 is 7.71. The molecule has 0 aliphatic rings. The van der Waals surface area contributed by atoms with Crippen molar-refractivity contribution >= 4 is 33.3 Å². The molecule has 2 aromatic heterocycles. The van der Waals surface area contributed by atoms with Crippen LogP contribution in [-0.4, -0.2) is 15.4 Å². The summed E-state index contributed by atoms with van der Waals surface area (Å²) in [4.78, 5) is 26.6. The summed E-state index contributed by atoms with van der Waals surface area (Å²) in [6.45, 7) is 4.20. The number of nitrogens with zero attached hydrogens (tertiary/aromatic N) is 3. The lowest BCUT2D eigenvalue weighted by molar-refractivity contribution is -0.402. The minimum atomic E-state index is -0.700. The zero-order chi connectivity index (χ0) is 16.4. The largest absolute Gasteiger partial charge is 0.433 e. The van der Waals surface area contributed by atoms with Crippen LogP contribution in [-0.2, 0) is 6.54 Å². The van der Waals surface area contributed by atoms with Crippen LogP contribution in [0.25, 0.3) is 10.2 Å². The number of fused-ring (bicyclic) bond motifs is 1. The van der Waals surface area contributed by atoms with Crippen LogP contribution in [0.3, 0.4) is 0 Å². The Balaban J connectivity index is 2.08. The maximum Gasteiger partial charge on any atom is 0.433 e. The highest BCUT2D eigenvalue weighted by atomic mass is 32.1. The summed E-state index contributed by atoms with van der Waals surface area (Å²) in [5.41, 5.74) is 0.939. The molecule has 0 fully saturated rings. The Labute approximate surface area is 134 Å². The van der Waals surface area contributed by atoms with Gasteiger partial charge in [-0.15, -0.1) is 6.58 Å². The highest BCUT2D eigenvalue weighted by Crippen LogP contribution is 2.18. The Bertz CT molecular complexity index is 980. The van der Waals surface area contributed by atoms with Crippen molar-refractivity contribution in [2.24, 2.45) is 4.99 Å². The second-order valence-corrected chi connectivity index (χ2v) is 5.57. The SMILES string of the molecule is C=CCn1c(=NC(=O)c2ccc([N+](=O)[O-])o2)sc2ccccc21. The number of benzene rings is 1. The van der Waals surface area contributed by atoms with Crippen LogP contribution in [0.15, 0.2) is 58.5 Å². The Morgan fingerprint density at radius 2 is 2.17 bits per heavy atom. The molecule has 116 valence electrons. The van der Waals surface area contributed by atoms with Crippen molar-refractivity contribution in [3.05, 3.63) is 69.7 Å². The zero-order valence-electron chi connectivity index (χ0n) is 11.8. The minimum absolute atomic E-state index is 0.167. The molecule has 7 nitrogen and oxygen atoms in total. The van der Waals surface area contributed by atoms with Gasteiger partial charge in [0, 0.05) is 6.54 Å². The third-order valence-corrected chi connectivity index (χ3v) is 4.14. The van der Waals surface area contributed by atoms with Gasteiger partial charge in [0.2, 0.25) is 5.76 Å². The third-order valence-electron chi connectivity index (χ3n) is 3.08. The van der Waals surface area contributed by atoms with Gasteiger partial charge >= 0.3 is 11.8 Å². The van der Waals surface area contributed by atoms with Gasteiger partial charge in [-0.25, -0.2) is 0 Å². The minimum Gasteiger partial charge on any atom is -0.395 e. The van der Waals surface area contributed by atoms with Crippen LogP contribution in [0.5, 0.6) is 0 Å². The molecule has 0 saturated carbocycles. The molecule has 0 unspecified atom stereocenters. The van der Waals surface area contributed by atoms with E-state index in [1.165, 1.54) is 17.4 Å². The Hall–Kier alpha value is -3.00. The average Bonchev–Trinajstić information content (AvgIpc) is 3.14. The number of carbonyl (C=O) groups is 1. The quantitative estimate of drug-likeness (QED) is 0.418. The number of rotatable bonds is 4. The molecule has 0 atom stereocenters. The van der Waals surface area contributed by atoms with Crippen molar-refractivity contribution in [3.63, 3.8) is 0 Å². The molecule has 0 radical (unpaired) electrons. The predicted octanol–water partition coefficient (Wildman–Crippen LogP) is 3.13. The second kappa shape index (κ2) is 6.01. The number of carbonyl (C=O) groups excluding carboxylic acids is 1. The smallest absolute Gasteiger partial charge is 0.395 e. The van der Waals surface area contributed by atoms with Gasteiger partial charge in [0.15, 0.2) is 4.80 Å². The lowest BCUT2D eigenvalue weighted by Crippen LogP contribution is -2.16. The van der Waals surface area contributed by atoms with Crippen molar-refractivity contribution in [1.29, 1.82) is 0 Å². The van der Waals surface area contributed by atoms with E-state index in [1.54, 1.807) is 6.08 Å². The average molecular weight is 329 g/mol. The first-order valence-corrected chi connectivity index (χ1v) is 7.44. The van der Waals surface area contributed by atoms with Crippen molar-refractivity contribution < 1.29 is 14.1 Å². The van der Waals surface area contributed by atoms with Crippen LogP contribution >= 0.6 is 11.3 Å². The monoisotopic (exact) mass is 329 g/mol. The van der Waals surface area contributed by atoms with E-state index < -0.39 is 16.7 Å². The molecule has 23 heavy (non-hydrogen) atoms. The van der Waals surface area contributed by atoms with E-state index in [9.17, 15) is 14.9 Å². The van der Waals surface area contributed by atoms with Crippen LogP contribution in [0.4, 0.5) is 5.88 Å². The Kier molecular flexibility index (Phi) is 3.90. The standard InChI is InChI=1S/C15H11N3O4S/c1-2-9-17-10-5-3-4-6-12(10)23-15(17)16-14(19)11-7-8-13(22-11)18(20)21/h2-8H,1,9H2. The van der Waals surface area contributed by atoms with E-state index in [4.69, 9.17) is 4.42 Å². The molecule has 2 heterocycles. The number of para-hydroxylation sites is 1. The molecule has 0 saturated heterocycles. The Morgan fingerprint density at radius 3 is 2.87 bits per heavy atom. The molecule has 0 spiro atoms. The van der Waals surface area contributed by atoms with Crippen molar-refractivity contribution in [2.75, 3.05) is 0 Å². The molecule has 1 aromatic carbocycles. The summed E-state index contributed by atoms with van der Waals surface area (Å²) in [6, 6.07) is 10.0. The van der Waals surface area contributed by atoms with E-state index in [2.05, 4.69) is 11.6 Å². The first-order valence-electron chi connectivity index (χ1n) is 6.62. The summed E-state index contributed by atoms with van der Waals surface area (Å²) in [5, 5.41) is 10.6. The third kappa shape index (κ3) is 2.84. The second-order valence-electron chi connectivity index (χ2n) is 4.56. The van der Waals surface area contributed by atoms with Crippen LogP contribution in [0, 0.1) is 10.1 Å². The van der Waals surface area contributed by atoms with Gasteiger partial charge in [-0.1, -0.05) is 29.5 Å². The molecule has 0 aliphatic heterocycles. The molecule has 0 bridgehead atoms. The lowest BCUT2D eigenvalue weighted by Gasteiger charge is -1.99. The number of nitro groups is 1. The van der Waals surface area contributed by atoms with Crippen LogP contribution in [0.1, 0.15) is 10.6 Å². The molecule has 0 aliphatic carbocycles. The van der Waals surface area contributed by atoms with E-state index in [1.807, 2.05) is 28.8 Å². The first kappa shape index (κ1) is 14.9. The number of hydrogen-bond acceptors (Lipinski definition) is 5. The first-order chi connectivity index (χ1) is 11.1.